The molecule has 0 spiro atoms. The second-order valence-corrected chi connectivity index (χ2v) is 7.17. The highest BCUT2D eigenvalue weighted by Gasteiger charge is 2.21. The first kappa shape index (κ1) is 26.5. The number of hydrogen-bond acceptors (Lipinski definition) is 9. The molecule has 9 heteroatoms. The molecule has 182 valence electrons. The van der Waals surface area contributed by atoms with E-state index in [0.29, 0.717) is 11.1 Å². The molecule has 0 aliphatic heterocycles. The standard InChI is InChI=1S/C25H29NO8/c1-4-22(27)33-20-12-11-17(16-21(20)34-23(28)5-2)15-19(25(30)31-3)26-13-14-32-24(29)18-9-7-6-8-10-18/h6-12,16,19,26H,4-5,13-15H2,1-3H3/t19-/m0/s1. The zero-order chi connectivity index (χ0) is 24.9. The van der Waals surface area contributed by atoms with E-state index in [2.05, 4.69) is 5.32 Å². The second kappa shape index (κ2) is 13.7. The number of ether oxygens (including phenoxy) is 4. The summed E-state index contributed by atoms with van der Waals surface area (Å²) >= 11 is 0. The molecule has 0 aliphatic rings. The lowest BCUT2D eigenvalue weighted by atomic mass is 10.1. The summed E-state index contributed by atoms with van der Waals surface area (Å²) in [5, 5.41) is 3.01. The van der Waals surface area contributed by atoms with E-state index in [1.807, 2.05) is 0 Å². The first-order chi connectivity index (χ1) is 16.4. The molecule has 0 heterocycles. The Kier molecular flexibility index (Phi) is 10.7. The molecule has 34 heavy (non-hydrogen) atoms. The molecule has 2 aromatic carbocycles. The lowest BCUT2D eigenvalue weighted by Gasteiger charge is -2.18. The summed E-state index contributed by atoms with van der Waals surface area (Å²) in [7, 11) is 1.27. The topological polar surface area (TPSA) is 117 Å². The molecule has 0 bridgehead atoms. The molecule has 0 saturated heterocycles. The van der Waals surface area contributed by atoms with E-state index >= 15 is 0 Å². The number of carbonyl (C=O) groups is 4. The van der Waals surface area contributed by atoms with Gasteiger partial charge in [0.05, 0.1) is 12.7 Å². The summed E-state index contributed by atoms with van der Waals surface area (Å²) in [4.78, 5) is 47.8. The molecule has 0 saturated carbocycles. The molecular formula is C25H29NO8. The molecule has 0 radical (unpaired) electrons. The molecule has 0 fully saturated rings. The van der Waals surface area contributed by atoms with Gasteiger partial charge in [0.1, 0.15) is 12.6 Å². The molecule has 9 nitrogen and oxygen atoms in total. The average Bonchev–Trinajstić information content (AvgIpc) is 2.86. The fourth-order valence-electron chi connectivity index (χ4n) is 2.88. The Bertz CT molecular complexity index is 990. The highest BCUT2D eigenvalue weighted by molar-refractivity contribution is 5.89. The van der Waals surface area contributed by atoms with Crippen LogP contribution in [-0.4, -0.2) is 50.2 Å². The molecule has 2 aromatic rings. The van der Waals surface area contributed by atoms with Gasteiger partial charge >= 0.3 is 23.9 Å². The van der Waals surface area contributed by atoms with E-state index < -0.39 is 29.9 Å². The number of nitrogens with one attached hydrogen (secondary N) is 1. The zero-order valence-corrected chi connectivity index (χ0v) is 19.5. The largest absolute Gasteiger partial charge is 0.468 e. The van der Waals surface area contributed by atoms with Crippen molar-refractivity contribution in [3.63, 3.8) is 0 Å². The highest BCUT2D eigenvalue weighted by Crippen LogP contribution is 2.30. The summed E-state index contributed by atoms with van der Waals surface area (Å²) in [6.07, 6.45) is 0.490. The van der Waals surface area contributed by atoms with E-state index in [4.69, 9.17) is 18.9 Å². The van der Waals surface area contributed by atoms with Gasteiger partial charge in [-0.3, -0.25) is 14.4 Å². The summed E-state index contributed by atoms with van der Waals surface area (Å²) in [5.41, 5.74) is 1.07. The number of rotatable bonds is 12. The van der Waals surface area contributed by atoms with Gasteiger partial charge in [-0.25, -0.2) is 4.79 Å². The average molecular weight is 472 g/mol. The fraction of sp³-hybridized carbons (Fsp3) is 0.360. The Hall–Kier alpha value is -3.72. The normalized spacial score (nSPS) is 11.3. The third-order valence-electron chi connectivity index (χ3n) is 4.69. The maximum atomic E-state index is 12.3. The third kappa shape index (κ3) is 8.32. The predicted molar refractivity (Wildman–Crippen MR) is 123 cm³/mol. The summed E-state index contributed by atoms with van der Waals surface area (Å²) in [5.74, 6) is -1.73. The van der Waals surface area contributed by atoms with Crippen LogP contribution in [0.15, 0.2) is 48.5 Å². The van der Waals surface area contributed by atoms with Crippen LogP contribution in [0, 0.1) is 0 Å². The molecule has 0 unspecified atom stereocenters. The third-order valence-corrected chi connectivity index (χ3v) is 4.69. The summed E-state index contributed by atoms with van der Waals surface area (Å²) < 4.78 is 20.6. The molecular weight excluding hydrogens is 442 g/mol. The van der Waals surface area contributed by atoms with Gasteiger partial charge in [-0.2, -0.15) is 0 Å². The number of esters is 4. The minimum Gasteiger partial charge on any atom is -0.468 e. The summed E-state index contributed by atoms with van der Waals surface area (Å²) in [6, 6.07) is 12.5. The zero-order valence-electron chi connectivity index (χ0n) is 19.5. The van der Waals surface area contributed by atoms with Gasteiger partial charge in [-0.1, -0.05) is 38.1 Å². The van der Waals surface area contributed by atoms with Crippen LogP contribution in [0.1, 0.15) is 42.6 Å². The van der Waals surface area contributed by atoms with Gasteiger partial charge in [0.2, 0.25) is 0 Å². The van der Waals surface area contributed by atoms with Gasteiger partial charge in [0.25, 0.3) is 0 Å². The Morgan fingerprint density at radius 1 is 0.882 bits per heavy atom. The van der Waals surface area contributed by atoms with E-state index in [0.717, 1.165) is 0 Å². The number of benzene rings is 2. The molecule has 0 aromatic heterocycles. The van der Waals surface area contributed by atoms with Crippen molar-refractivity contribution in [1.29, 1.82) is 0 Å². The van der Waals surface area contributed by atoms with Gasteiger partial charge in [0, 0.05) is 19.4 Å². The Morgan fingerprint density at radius 2 is 1.53 bits per heavy atom. The van der Waals surface area contributed by atoms with Gasteiger partial charge < -0.3 is 24.3 Å². The van der Waals surface area contributed by atoms with Gasteiger partial charge in [-0.05, 0) is 36.2 Å². The van der Waals surface area contributed by atoms with Gasteiger partial charge in [-0.15, -0.1) is 0 Å². The van der Waals surface area contributed by atoms with E-state index in [1.54, 1.807) is 56.3 Å². The predicted octanol–water partition coefficient (Wildman–Crippen LogP) is 2.85. The molecule has 1 atom stereocenters. The van der Waals surface area contributed by atoms with Crippen molar-refractivity contribution in [2.45, 2.75) is 39.2 Å². The molecule has 0 aliphatic carbocycles. The number of carbonyl (C=O) groups excluding carboxylic acids is 4. The van der Waals surface area contributed by atoms with Crippen molar-refractivity contribution >= 4 is 23.9 Å². The molecule has 0 amide bonds. The lowest BCUT2D eigenvalue weighted by molar-refractivity contribution is -0.143. The van der Waals surface area contributed by atoms with Crippen molar-refractivity contribution in [3.8, 4) is 11.5 Å². The smallest absolute Gasteiger partial charge is 0.338 e. The number of methoxy groups -OCH3 is 1. The minimum atomic E-state index is -0.751. The lowest BCUT2D eigenvalue weighted by Crippen LogP contribution is -2.41. The van der Waals surface area contributed by atoms with Crippen molar-refractivity contribution in [2.75, 3.05) is 20.3 Å². The quantitative estimate of drug-likeness (QED) is 0.283. The van der Waals surface area contributed by atoms with Crippen LogP contribution in [0.25, 0.3) is 0 Å². The van der Waals surface area contributed by atoms with E-state index in [1.165, 1.54) is 13.2 Å². The summed E-state index contributed by atoms with van der Waals surface area (Å²) in [6.45, 7) is 3.55. The molecule has 2 rings (SSSR count). The van der Waals surface area contributed by atoms with Crippen LogP contribution in [-0.2, 0) is 30.3 Å². The Balaban J connectivity index is 2.05. The first-order valence-electron chi connectivity index (χ1n) is 11.0. The van der Waals surface area contributed by atoms with Crippen LogP contribution in [0.3, 0.4) is 0 Å². The van der Waals surface area contributed by atoms with Crippen molar-refractivity contribution < 1.29 is 38.1 Å². The van der Waals surface area contributed by atoms with E-state index in [9.17, 15) is 19.2 Å². The fourth-order valence-corrected chi connectivity index (χ4v) is 2.88. The minimum absolute atomic E-state index is 0.0481. The monoisotopic (exact) mass is 471 g/mol. The van der Waals surface area contributed by atoms with Crippen molar-refractivity contribution in [1.82, 2.24) is 5.32 Å². The van der Waals surface area contributed by atoms with Crippen LogP contribution >= 0.6 is 0 Å². The highest BCUT2D eigenvalue weighted by atomic mass is 16.6. The van der Waals surface area contributed by atoms with Crippen LogP contribution in [0.2, 0.25) is 0 Å². The van der Waals surface area contributed by atoms with Crippen LogP contribution in [0.4, 0.5) is 0 Å². The molecule has 1 N–H and O–H groups in total. The van der Waals surface area contributed by atoms with Crippen LogP contribution in [0.5, 0.6) is 11.5 Å². The van der Waals surface area contributed by atoms with Crippen molar-refractivity contribution in [3.05, 3.63) is 59.7 Å². The van der Waals surface area contributed by atoms with E-state index in [-0.39, 0.29) is 43.9 Å². The SMILES string of the molecule is CCC(=O)Oc1ccc(C[C@H](NCCOC(=O)c2ccccc2)C(=O)OC)cc1OC(=O)CC. The maximum absolute atomic E-state index is 12.3. The Morgan fingerprint density at radius 3 is 2.15 bits per heavy atom. The first-order valence-corrected chi connectivity index (χ1v) is 11.0. The van der Waals surface area contributed by atoms with Crippen molar-refractivity contribution in [2.24, 2.45) is 0 Å². The Labute approximate surface area is 198 Å². The second-order valence-electron chi connectivity index (χ2n) is 7.17. The maximum Gasteiger partial charge on any atom is 0.338 e. The van der Waals surface area contributed by atoms with Crippen LogP contribution < -0.4 is 14.8 Å². The van der Waals surface area contributed by atoms with Gasteiger partial charge in [0.15, 0.2) is 11.5 Å². The number of hydrogen-bond donors (Lipinski definition) is 1.